The van der Waals surface area contributed by atoms with Crippen molar-refractivity contribution in [1.82, 2.24) is 14.9 Å². The Kier molecular flexibility index (Phi) is 4.99. The number of pyridine rings is 1. The topological polar surface area (TPSA) is 67.4 Å². The summed E-state index contributed by atoms with van der Waals surface area (Å²) >= 11 is 7.41. The molecule has 0 aliphatic carbocycles. The summed E-state index contributed by atoms with van der Waals surface area (Å²) in [6, 6.07) is 3.42. The molecule has 0 spiro atoms. The second kappa shape index (κ2) is 7.15. The molecule has 3 rings (SSSR count). The predicted octanol–water partition coefficient (Wildman–Crippen LogP) is 2.28. The van der Waals surface area contributed by atoms with Crippen LogP contribution in [0.25, 0.3) is 0 Å². The van der Waals surface area contributed by atoms with Crippen molar-refractivity contribution in [2.75, 3.05) is 31.6 Å². The van der Waals surface area contributed by atoms with E-state index in [1.807, 2.05) is 0 Å². The second-order valence-electron chi connectivity index (χ2n) is 4.81. The molecule has 116 valence electrons. The molecule has 22 heavy (non-hydrogen) atoms. The molecule has 2 aromatic rings. The maximum Gasteiger partial charge on any atom is 0.275 e. The summed E-state index contributed by atoms with van der Waals surface area (Å²) in [6.45, 7) is 4.03. The molecule has 2 aromatic heterocycles. The number of halogens is 1. The number of amides is 1. The average molecular weight is 339 g/mol. The maximum atomic E-state index is 12.2. The summed E-state index contributed by atoms with van der Waals surface area (Å²) < 4.78 is 5.32. The number of morpholine rings is 1. The van der Waals surface area contributed by atoms with E-state index < -0.39 is 0 Å². The molecule has 0 radical (unpaired) electrons. The van der Waals surface area contributed by atoms with E-state index in [-0.39, 0.29) is 11.1 Å². The predicted molar refractivity (Wildman–Crippen MR) is 85.4 cm³/mol. The molecule has 8 heteroatoms. The Morgan fingerprint density at radius 2 is 2.27 bits per heavy atom. The first-order chi connectivity index (χ1) is 10.7. The fraction of sp³-hybridized carbons (Fsp3) is 0.357. The molecule has 3 heterocycles. The number of anilines is 1. The summed E-state index contributed by atoms with van der Waals surface area (Å²) in [4.78, 5) is 22.8. The van der Waals surface area contributed by atoms with Gasteiger partial charge < -0.3 is 10.1 Å². The van der Waals surface area contributed by atoms with E-state index in [0.29, 0.717) is 11.4 Å². The minimum atomic E-state index is -0.278. The van der Waals surface area contributed by atoms with Gasteiger partial charge in [0, 0.05) is 24.7 Å². The number of ether oxygens (including phenoxy) is 1. The van der Waals surface area contributed by atoms with Gasteiger partial charge in [-0.1, -0.05) is 11.6 Å². The molecular formula is C14H15ClN4O2S. The van der Waals surface area contributed by atoms with Gasteiger partial charge >= 0.3 is 0 Å². The van der Waals surface area contributed by atoms with Gasteiger partial charge in [0.1, 0.15) is 10.7 Å². The van der Waals surface area contributed by atoms with Crippen LogP contribution in [-0.4, -0.2) is 47.1 Å². The zero-order valence-electron chi connectivity index (χ0n) is 11.8. The number of carbonyl (C=O) groups is 1. The Balaban J connectivity index is 1.63. The van der Waals surface area contributed by atoms with Crippen LogP contribution in [0.3, 0.4) is 0 Å². The van der Waals surface area contributed by atoms with Crippen LogP contribution in [-0.2, 0) is 11.3 Å². The number of aromatic nitrogens is 2. The van der Waals surface area contributed by atoms with Crippen LogP contribution in [0.15, 0.2) is 23.7 Å². The third-order valence-electron chi connectivity index (χ3n) is 3.25. The zero-order valence-corrected chi connectivity index (χ0v) is 13.4. The molecule has 1 aliphatic rings. The number of nitrogens with zero attached hydrogens (tertiary/aromatic N) is 3. The van der Waals surface area contributed by atoms with E-state index in [1.54, 1.807) is 23.7 Å². The number of carbonyl (C=O) groups excluding carboxylic acids is 1. The van der Waals surface area contributed by atoms with Crippen molar-refractivity contribution >= 4 is 34.5 Å². The molecule has 1 N–H and O–H groups in total. The summed E-state index contributed by atoms with van der Waals surface area (Å²) in [5, 5.41) is 5.66. The van der Waals surface area contributed by atoms with Gasteiger partial charge in [0.05, 0.1) is 25.4 Å². The van der Waals surface area contributed by atoms with Crippen molar-refractivity contribution in [3.05, 3.63) is 39.6 Å². The average Bonchev–Trinajstić information content (AvgIpc) is 2.99. The largest absolute Gasteiger partial charge is 0.379 e. The highest BCUT2D eigenvalue weighted by atomic mass is 35.5. The van der Waals surface area contributed by atoms with Gasteiger partial charge in [-0.2, -0.15) is 0 Å². The van der Waals surface area contributed by atoms with Crippen LogP contribution in [0.4, 0.5) is 5.69 Å². The van der Waals surface area contributed by atoms with Gasteiger partial charge in [0.25, 0.3) is 5.91 Å². The Hall–Kier alpha value is -1.54. The molecule has 1 amide bonds. The quantitative estimate of drug-likeness (QED) is 0.866. The first kappa shape index (κ1) is 15.4. The summed E-state index contributed by atoms with van der Waals surface area (Å²) in [5.74, 6) is -0.278. The number of thiazole rings is 1. The minimum Gasteiger partial charge on any atom is -0.379 e. The van der Waals surface area contributed by atoms with Crippen LogP contribution in [0.2, 0.25) is 5.15 Å². The molecule has 0 aromatic carbocycles. The standard InChI is InChI=1S/C14H15ClN4O2S/c15-13-10(2-1-3-16-13)18-14(20)11-9-22-12(17-11)8-19-4-6-21-7-5-19/h1-3,9H,4-8H2,(H,18,20). The Morgan fingerprint density at radius 3 is 3.05 bits per heavy atom. The van der Waals surface area contributed by atoms with Crippen molar-refractivity contribution in [2.45, 2.75) is 6.54 Å². The Bertz CT molecular complexity index is 658. The van der Waals surface area contributed by atoms with Crippen LogP contribution < -0.4 is 5.32 Å². The van der Waals surface area contributed by atoms with E-state index in [2.05, 4.69) is 20.2 Å². The van der Waals surface area contributed by atoms with Crippen molar-refractivity contribution in [1.29, 1.82) is 0 Å². The lowest BCUT2D eigenvalue weighted by molar-refractivity contribution is 0.0341. The van der Waals surface area contributed by atoms with Gasteiger partial charge in [-0.15, -0.1) is 11.3 Å². The van der Waals surface area contributed by atoms with Crippen molar-refractivity contribution in [2.24, 2.45) is 0 Å². The Morgan fingerprint density at radius 1 is 1.45 bits per heavy atom. The molecule has 1 saturated heterocycles. The Labute approximate surface area is 137 Å². The normalized spacial score (nSPS) is 15.7. The summed E-state index contributed by atoms with van der Waals surface area (Å²) in [5.41, 5.74) is 0.880. The highest BCUT2D eigenvalue weighted by molar-refractivity contribution is 7.09. The minimum absolute atomic E-state index is 0.264. The van der Waals surface area contributed by atoms with Gasteiger partial charge in [-0.25, -0.2) is 9.97 Å². The molecule has 1 fully saturated rings. The summed E-state index contributed by atoms with van der Waals surface area (Å²) in [7, 11) is 0. The lowest BCUT2D eigenvalue weighted by Gasteiger charge is -2.25. The van der Waals surface area contributed by atoms with Gasteiger partial charge in [0.15, 0.2) is 5.15 Å². The highest BCUT2D eigenvalue weighted by Gasteiger charge is 2.16. The number of rotatable bonds is 4. The lowest BCUT2D eigenvalue weighted by atomic mass is 10.4. The van der Waals surface area contributed by atoms with Gasteiger partial charge in [-0.05, 0) is 12.1 Å². The van der Waals surface area contributed by atoms with E-state index >= 15 is 0 Å². The second-order valence-corrected chi connectivity index (χ2v) is 6.11. The first-order valence-corrected chi connectivity index (χ1v) is 8.14. The monoisotopic (exact) mass is 338 g/mol. The van der Waals surface area contributed by atoms with Crippen molar-refractivity contribution in [3.8, 4) is 0 Å². The number of hydrogen-bond acceptors (Lipinski definition) is 6. The molecule has 0 bridgehead atoms. The first-order valence-electron chi connectivity index (χ1n) is 6.89. The summed E-state index contributed by atoms with van der Waals surface area (Å²) in [6.07, 6.45) is 1.57. The van der Waals surface area contributed by atoms with Crippen LogP contribution >= 0.6 is 22.9 Å². The third-order valence-corrected chi connectivity index (χ3v) is 4.39. The zero-order chi connectivity index (χ0) is 15.4. The number of hydrogen-bond donors (Lipinski definition) is 1. The molecule has 0 unspecified atom stereocenters. The van der Waals surface area contributed by atoms with Crippen molar-refractivity contribution in [3.63, 3.8) is 0 Å². The van der Waals surface area contributed by atoms with Crippen LogP contribution in [0, 0.1) is 0 Å². The SMILES string of the molecule is O=C(Nc1cccnc1Cl)c1csc(CN2CCOCC2)n1. The lowest BCUT2D eigenvalue weighted by Crippen LogP contribution is -2.35. The number of nitrogens with one attached hydrogen (secondary N) is 1. The van der Waals surface area contributed by atoms with E-state index in [0.717, 1.165) is 37.9 Å². The fourth-order valence-corrected chi connectivity index (χ4v) is 3.09. The molecule has 0 saturated carbocycles. The molecule has 0 atom stereocenters. The van der Waals surface area contributed by atoms with Crippen molar-refractivity contribution < 1.29 is 9.53 Å². The fourth-order valence-electron chi connectivity index (χ4n) is 2.10. The third kappa shape index (κ3) is 3.80. The molecule has 6 nitrogen and oxygen atoms in total. The van der Waals surface area contributed by atoms with Gasteiger partial charge in [-0.3, -0.25) is 9.69 Å². The van der Waals surface area contributed by atoms with E-state index in [9.17, 15) is 4.79 Å². The van der Waals surface area contributed by atoms with Crippen LogP contribution in [0.1, 0.15) is 15.5 Å². The van der Waals surface area contributed by atoms with Gasteiger partial charge in [0.2, 0.25) is 0 Å². The van der Waals surface area contributed by atoms with E-state index in [1.165, 1.54) is 11.3 Å². The maximum absolute atomic E-state index is 12.2. The molecular weight excluding hydrogens is 324 g/mol. The van der Waals surface area contributed by atoms with Crippen LogP contribution in [0.5, 0.6) is 0 Å². The van der Waals surface area contributed by atoms with E-state index in [4.69, 9.17) is 16.3 Å². The highest BCUT2D eigenvalue weighted by Crippen LogP contribution is 2.19. The molecule has 1 aliphatic heterocycles. The smallest absolute Gasteiger partial charge is 0.275 e.